The van der Waals surface area contributed by atoms with Gasteiger partial charge < -0.3 is 15.3 Å². The number of nitrogens with zero attached hydrogens (tertiary/aromatic N) is 2. The molecule has 2 unspecified atom stereocenters. The summed E-state index contributed by atoms with van der Waals surface area (Å²) >= 11 is 0. The maximum Gasteiger partial charge on any atom is 0.324 e. The van der Waals surface area contributed by atoms with Crippen LogP contribution >= 0.6 is 0 Å². The molecule has 1 aliphatic rings. The van der Waals surface area contributed by atoms with Crippen molar-refractivity contribution in [3.05, 3.63) is 0 Å². The molecule has 2 N–H and O–H groups in total. The highest BCUT2D eigenvalue weighted by Gasteiger charge is 2.35. The van der Waals surface area contributed by atoms with E-state index in [2.05, 4.69) is 29.1 Å². The Morgan fingerprint density at radius 3 is 2.67 bits per heavy atom. The number of aliphatic carboxylic acids is 1. The summed E-state index contributed by atoms with van der Waals surface area (Å²) in [5.41, 5.74) is -0.842. The Balaban J connectivity index is 2.58. The highest BCUT2D eigenvalue weighted by molar-refractivity contribution is 5.78. The molecule has 1 heterocycles. The molecule has 5 heteroatoms. The number of hydrogen-bond acceptors (Lipinski definition) is 4. The number of carbonyl (C=O) groups is 1. The quantitative estimate of drug-likeness (QED) is 0.724. The second-order valence-electron chi connectivity index (χ2n) is 5.63. The van der Waals surface area contributed by atoms with Gasteiger partial charge in [-0.1, -0.05) is 6.92 Å². The lowest BCUT2D eigenvalue weighted by atomic mass is 10.0. The van der Waals surface area contributed by atoms with E-state index >= 15 is 0 Å². The van der Waals surface area contributed by atoms with Crippen LogP contribution in [0, 0.1) is 0 Å². The summed E-state index contributed by atoms with van der Waals surface area (Å²) in [6.07, 6.45) is 0.946. The van der Waals surface area contributed by atoms with Gasteiger partial charge >= 0.3 is 5.97 Å². The Bertz CT molecular complexity index is 285. The van der Waals surface area contributed by atoms with E-state index in [4.69, 9.17) is 0 Å². The zero-order valence-corrected chi connectivity index (χ0v) is 12.1. The molecule has 106 valence electrons. The van der Waals surface area contributed by atoms with Crippen molar-refractivity contribution in [3.8, 4) is 0 Å². The van der Waals surface area contributed by atoms with Gasteiger partial charge in [-0.15, -0.1) is 0 Å². The molecule has 0 radical (unpaired) electrons. The van der Waals surface area contributed by atoms with Gasteiger partial charge in [-0.25, -0.2) is 0 Å². The topological polar surface area (TPSA) is 55.8 Å². The van der Waals surface area contributed by atoms with E-state index in [0.29, 0.717) is 12.6 Å². The lowest BCUT2D eigenvalue weighted by Crippen LogP contribution is -2.60. The lowest BCUT2D eigenvalue weighted by Gasteiger charge is -2.41. The minimum absolute atomic E-state index is 0.489. The van der Waals surface area contributed by atoms with Crippen molar-refractivity contribution in [1.82, 2.24) is 15.1 Å². The Labute approximate surface area is 110 Å². The fourth-order valence-electron chi connectivity index (χ4n) is 2.31. The van der Waals surface area contributed by atoms with Crippen LogP contribution in [0.4, 0.5) is 0 Å². The molecule has 1 fully saturated rings. The number of likely N-dealkylation sites (N-methyl/N-ethyl adjacent to an activating group) is 1. The standard InChI is InChI=1S/C13H27N3O2/c1-5-6-14-13(3,12(17)18)10-16-8-7-15(4)11(2)9-16/h11,14H,5-10H2,1-4H3,(H,17,18). The molecule has 0 aromatic carbocycles. The second-order valence-corrected chi connectivity index (χ2v) is 5.63. The fourth-order valence-corrected chi connectivity index (χ4v) is 2.31. The summed E-state index contributed by atoms with van der Waals surface area (Å²) in [5.74, 6) is -0.762. The molecule has 0 aromatic rings. The van der Waals surface area contributed by atoms with Crippen molar-refractivity contribution in [1.29, 1.82) is 0 Å². The van der Waals surface area contributed by atoms with E-state index in [1.807, 2.05) is 6.92 Å². The summed E-state index contributed by atoms with van der Waals surface area (Å²) < 4.78 is 0. The van der Waals surface area contributed by atoms with Crippen molar-refractivity contribution in [2.24, 2.45) is 0 Å². The largest absolute Gasteiger partial charge is 0.480 e. The van der Waals surface area contributed by atoms with Gasteiger partial charge in [0.05, 0.1) is 0 Å². The van der Waals surface area contributed by atoms with Crippen LogP contribution in [0.25, 0.3) is 0 Å². The van der Waals surface area contributed by atoms with Crippen LogP contribution in [0.5, 0.6) is 0 Å². The summed E-state index contributed by atoms with van der Waals surface area (Å²) in [5, 5.41) is 12.6. The van der Waals surface area contributed by atoms with Gasteiger partial charge in [-0.2, -0.15) is 0 Å². The average molecular weight is 257 g/mol. The third-order valence-electron chi connectivity index (χ3n) is 3.82. The molecule has 0 saturated carbocycles. The predicted octanol–water partition coefficient (Wildman–Crippen LogP) is 0.465. The van der Waals surface area contributed by atoms with E-state index in [9.17, 15) is 9.90 Å². The summed E-state index contributed by atoms with van der Waals surface area (Å²) in [7, 11) is 2.12. The summed E-state index contributed by atoms with van der Waals surface area (Å²) in [6.45, 7) is 10.2. The Morgan fingerprint density at radius 1 is 1.50 bits per heavy atom. The number of hydrogen-bond donors (Lipinski definition) is 2. The molecule has 2 atom stereocenters. The van der Waals surface area contributed by atoms with Crippen molar-refractivity contribution in [2.75, 3.05) is 39.8 Å². The van der Waals surface area contributed by atoms with Crippen molar-refractivity contribution >= 4 is 5.97 Å². The first kappa shape index (κ1) is 15.4. The normalized spacial score (nSPS) is 25.9. The van der Waals surface area contributed by atoms with Gasteiger partial charge in [0.1, 0.15) is 5.54 Å². The Kier molecular flexibility index (Phi) is 5.56. The number of carboxylic acids is 1. The van der Waals surface area contributed by atoms with E-state index in [1.165, 1.54) is 0 Å². The molecular weight excluding hydrogens is 230 g/mol. The molecule has 1 rings (SSSR count). The van der Waals surface area contributed by atoms with E-state index in [1.54, 1.807) is 6.92 Å². The minimum atomic E-state index is -0.842. The smallest absolute Gasteiger partial charge is 0.324 e. The zero-order valence-electron chi connectivity index (χ0n) is 12.1. The first-order chi connectivity index (χ1) is 8.39. The van der Waals surface area contributed by atoms with Crippen LogP contribution in [-0.2, 0) is 4.79 Å². The van der Waals surface area contributed by atoms with E-state index in [0.717, 1.165) is 32.6 Å². The Hall–Kier alpha value is -0.650. The first-order valence-corrected chi connectivity index (χ1v) is 6.80. The molecular formula is C13H27N3O2. The van der Waals surface area contributed by atoms with Gasteiger partial charge in [0, 0.05) is 32.2 Å². The molecule has 0 aromatic heterocycles. The van der Waals surface area contributed by atoms with Crippen LogP contribution in [-0.4, -0.2) is 72.2 Å². The molecule has 0 aliphatic carbocycles. The van der Waals surface area contributed by atoms with Gasteiger partial charge in [-0.3, -0.25) is 9.69 Å². The van der Waals surface area contributed by atoms with Crippen molar-refractivity contribution in [3.63, 3.8) is 0 Å². The van der Waals surface area contributed by atoms with Crippen molar-refractivity contribution in [2.45, 2.75) is 38.8 Å². The highest BCUT2D eigenvalue weighted by atomic mass is 16.4. The fraction of sp³-hybridized carbons (Fsp3) is 0.923. The number of rotatable bonds is 6. The maximum absolute atomic E-state index is 11.4. The van der Waals surface area contributed by atoms with E-state index in [-0.39, 0.29) is 0 Å². The number of piperazine rings is 1. The molecule has 0 spiro atoms. The lowest BCUT2D eigenvalue weighted by molar-refractivity contribution is -0.145. The molecule has 1 aliphatic heterocycles. The van der Waals surface area contributed by atoms with Crippen molar-refractivity contribution < 1.29 is 9.90 Å². The Morgan fingerprint density at radius 2 is 2.17 bits per heavy atom. The first-order valence-electron chi connectivity index (χ1n) is 6.80. The predicted molar refractivity (Wildman–Crippen MR) is 72.9 cm³/mol. The van der Waals surface area contributed by atoms with Gasteiger partial charge in [0.15, 0.2) is 0 Å². The average Bonchev–Trinajstić information content (AvgIpc) is 2.31. The monoisotopic (exact) mass is 257 g/mol. The number of nitrogens with one attached hydrogen (secondary N) is 1. The van der Waals surface area contributed by atoms with Crippen LogP contribution in [0.2, 0.25) is 0 Å². The maximum atomic E-state index is 11.4. The molecule has 5 nitrogen and oxygen atoms in total. The van der Waals surface area contributed by atoms with Crippen LogP contribution in [0.1, 0.15) is 27.2 Å². The van der Waals surface area contributed by atoms with Crippen LogP contribution in [0.15, 0.2) is 0 Å². The second kappa shape index (κ2) is 6.50. The molecule has 18 heavy (non-hydrogen) atoms. The SMILES string of the molecule is CCCNC(C)(CN1CCN(C)C(C)C1)C(=O)O. The molecule has 0 bridgehead atoms. The van der Waals surface area contributed by atoms with Gasteiger partial charge in [0.25, 0.3) is 0 Å². The van der Waals surface area contributed by atoms with Crippen LogP contribution in [0.3, 0.4) is 0 Å². The highest BCUT2D eigenvalue weighted by Crippen LogP contribution is 2.13. The summed E-state index contributed by atoms with van der Waals surface area (Å²) in [4.78, 5) is 16.0. The molecule has 1 saturated heterocycles. The zero-order chi connectivity index (χ0) is 13.8. The van der Waals surface area contributed by atoms with Gasteiger partial charge in [0.2, 0.25) is 0 Å². The third-order valence-corrected chi connectivity index (χ3v) is 3.82. The number of carboxylic acid groups (broad SMARTS) is 1. The minimum Gasteiger partial charge on any atom is -0.480 e. The van der Waals surface area contributed by atoms with Gasteiger partial charge in [-0.05, 0) is 33.9 Å². The molecule has 0 amide bonds. The third kappa shape index (κ3) is 3.93. The van der Waals surface area contributed by atoms with E-state index < -0.39 is 11.5 Å². The summed E-state index contributed by atoms with van der Waals surface area (Å²) in [6, 6.07) is 0.489. The van der Waals surface area contributed by atoms with Crippen LogP contribution < -0.4 is 5.32 Å².